The zero-order valence-electron chi connectivity index (χ0n) is 13.8. The molecule has 0 saturated heterocycles. The van der Waals surface area contributed by atoms with Crippen molar-refractivity contribution in [1.29, 1.82) is 0 Å². The Bertz CT molecular complexity index is 993. The molecule has 0 spiro atoms. The summed E-state index contributed by atoms with van der Waals surface area (Å²) < 4.78 is 9.18. The van der Waals surface area contributed by atoms with Crippen molar-refractivity contribution in [2.45, 2.75) is 13.5 Å². The minimum atomic E-state index is -0.269. The van der Waals surface area contributed by atoms with Gasteiger partial charge in [0.15, 0.2) is 4.80 Å². The summed E-state index contributed by atoms with van der Waals surface area (Å²) in [6.07, 6.45) is 0. The number of aryl methyl sites for hydroxylation is 1. The number of carbonyl (C=O) groups excluding carboxylic acids is 1. The van der Waals surface area contributed by atoms with E-state index in [1.807, 2.05) is 35.8 Å². The molecule has 4 nitrogen and oxygen atoms in total. The number of benzene rings is 2. The highest BCUT2D eigenvalue weighted by molar-refractivity contribution is 9.10. The molecule has 3 aromatic rings. The molecule has 130 valence electrons. The number of methoxy groups -OCH3 is 1. The quantitative estimate of drug-likeness (QED) is 0.585. The van der Waals surface area contributed by atoms with Crippen molar-refractivity contribution in [3.63, 3.8) is 0 Å². The smallest absolute Gasteiger partial charge is 0.279 e. The van der Waals surface area contributed by atoms with E-state index in [4.69, 9.17) is 16.3 Å². The van der Waals surface area contributed by atoms with Gasteiger partial charge in [0.1, 0.15) is 0 Å². The fraction of sp³-hybridized carbons (Fsp3) is 0.222. The third kappa shape index (κ3) is 3.87. The predicted octanol–water partition coefficient (Wildman–Crippen LogP) is 4.81. The van der Waals surface area contributed by atoms with Gasteiger partial charge in [0, 0.05) is 28.7 Å². The molecule has 1 amide bonds. The van der Waals surface area contributed by atoms with Gasteiger partial charge in [0.25, 0.3) is 5.91 Å². The minimum Gasteiger partial charge on any atom is -0.383 e. The molecule has 1 aromatic heterocycles. The van der Waals surface area contributed by atoms with E-state index in [9.17, 15) is 4.79 Å². The molecule has 0 aliphatic carbocycles. The summed E-state index contributed by atoms with van der Waals surface area (Å²) >= 11 is 11.1. The molecule has 0 aliphatic heterocycles. The molecule has 2 aromatic carbocycles. The van der Waals surface area contributed by atoms with Crippen LogP contribution in [0.25, 0.3) is 10.2 Å². The standard InChI is InChI=1S/C18H16BrClN2O2S/c1-11-14(20)7-8-15-16(11)22(9-10-24-2)18(25-15)21-17(23)12-3-5-13(19)6-4-12/h3-8H,9-10H2,1-2H3. The summed E-state index contributed by atoms with van der Waals surface area (Å²) in [5, 5.41) is 0.697. The maximum atomic E-state index is 12.5. The van der Waals surface area contributed by atoms with Crippen LogP contribution in [-0.4, -0.2) is 24.2 Å². The second kappa shape index (κ2) is 7.83. The van der Waals surface area contributed by atoms with Crippen molar-refractivity contribution < 1.29 is 9.53 Å². The molecule has 3 rings (SSSR count). The SMILES string of the molecule is COCCn1c(=NC(=O)c2ccc(Br)cc2)sc2ccc(Cl)c(C)c21. The van der Waals surface area contributed by atoms with Crippen molar-refractivity contribution >= 4 is 55.0 Å². The van der Waals surface area contributed by atoms with E-state index >= 15 is 0 Å². The van der Waals surface area contributed by atoms with E-state index < -0.39 is 0 Å². The van der Waals surface area contributed by atoms with Gasteiger partial charge in [-0.05, 0) is 48.9 Å². The molecule has 7 heteroatoms. The lowest BCUT2D eigenvalue weighted by Crippen LogP contribution is -2.19. The highest BCUT2D eigenvalue weighted by Crippen LogP contribution is 2.27. The lowest BCUT2D eigenvalue weighted by atomic mass is 10.2. The third-order valence-electron chi connectivity index (χ3n) is 3.84. The van der Waals surface area contributed by atoms with Gasteiger partial charge < -0.3 is 9.30 Å². The minimum absolute atomic E-state index is 0.269. The van der Waals surface area contributed by atoms with Gasteiger partial charge in [-0.1, -0.05) is 38.9 Å². The van der Waals surface area contributed by atoms with E-state index in [1.165, 1.54) is 11.3 Å². The Morgan fingerprint density at radius 1 is 1.28 bits per heavy atom. The maximum Gasteiger partial charge on any atom is 0.279 e. The molecular formula is C18H16BrClN2O2S. The lowest BCUT2D eigenvalue weighted by Gasteiger charge is -2.07. The number of nitrogens with zero attached hydrogens (tertiary/aromatic N) is 2. The molecule has 0 unspecified atom stereocenters. The second-order valence-electron chi connectivity index (χ2n) is 5.47. The molecule has 0 N–H and O–H groups in total. The number of ether oxygens (including phenoxy) is 1. The van der Waals surface area contributed by atoms with Crippen LogP contribution >= 0.6 is 38.9 Å². The van der Waals surface area contributed by atoms with Gasteiger partial charge >= 0.3 is 0 Å². The fourth-order valence-electron chi connectivity index (χ4n) is 2.53. The van der Waals surface area contributed by atoms with Gasteiger partial charge in [-0.3, -0.25) is 4.79 Å². The largest absolute Gasteiger partial charge is 0.383 e. The Labute approximate surface area is 162 Å². The topological polar surface area (TPSA) is 43.6 Å². The Balaban J connectivity index is 2.15. The lowest BCUT2D eigenvalue weighted by molar-refractivity contribution is 0.0997. The molecule has 0 saturated carbocycles. The first kappa shape index (κ1) is 18.3. The summed E-state index contributed by atoms with van der Waals surface area (Å²) in [4.78, 5) is 17.5. The monoisotopic (exact) mass is 438 g/mol. The average Bonchev–Trinajstić information content (AvgIpc) is 2.94. The zero-order valence-corrected chi connectivity index (χ0v) is 16.9. The molecule has 0 radical (unpaired) electrons. The summed E-state index contributed by atoms with van der Waals surface area (Å²) in [5.41, 5.74) is 2.52. The highest BCUT2D eigenvalue weighted by Gasteiger charge is 2.12. The van der Waals surface area contributed by atoms with E-state index in [2.05, 4.69) is 20.9 Å². The van der Waals surface area contributed by atoms with E-state index in [-0.39, 0.29) is 5.91 Å². The first-order valence-electron chi connectivity index (χ1n) is 7.63. The number of hydrogen-bond acceptors (Lipinski definition) is 3. The number of amides is 1. The van der Waals surface area contributed by atoms with Gasteiger partial charge in [-0.25, -0.2) is 0 Å². The summed E-state index contributed by atoms with van der Waals surface area (Å²) in [6, 6.07) is 11.0. The molecule has 25 heavy (non-hydrogen) atoms. The molecule has 1 heterocycles. The molecule has 0 aliphatic rings. The molecule has 0 atom stereocenters. The molecule has 0 bridgehead atoms. The van der Waals surface area contributed by atoms with E-state index in [0.717, 1.165) is 20.3 Å². The zero-order chi connectivity index (χ0) is 18.0. The first-order valence-corrected chi connectivity index (χ1v) is 9.62. The number of halogens is 2. The average molecular weight is 440 g/mol. The number of fused-ring (bicyclic) bond motifs is 1. The number of aromatic nitrogens is 1. The summed E-state index contributed by atoms with van der Waals surface area (Å²) in [6.45, 7) is 3.10. The third-order valence-corrected chi connectivity index (χ3v) is 5.82. The van der Waals surface area contributed by atoms with Crippen LogP contribution in [0.1, 0.15) is 15.9 Å². The first-order chi connectivity index (χ1) is 12.0. The van der Waals surface area contributed by atoms with Crippen LogP contribution in [0, 0.1) is 6.92 Å². The highest BCUT2D eigenvalue weighted by atomic mass is 79.9. The van der Waals surface area contributed by atoms with Crippen LogP contribution in [0.4, 0.5) is 0 Å². The van der Waals surface area contributed by atoms with Gasteiger partial charge in [-0.15, -0.1) is 0 Å². The summed E-state index contributed by atoms with van der Waals surface area (Å²) in [5.74, 6) is -0.269. The van der Waals surface area contributed by atoms with Crippen molar-refractivity contribution in [2.24, 2.45) is 4.99 Å². The van der Waals surface area contributed by atoms with Gasteiger partial charge in [0.05, 0.1) is 16.8 Å². The molecule has 0 fully saturated rings. The van der Waals surface area contributed by atoms with Crippen molar-refractivity contribution in [2.75, 3.05) is 13.7 Å². The van der Waals surface area contributed by atoms with Crippen molar-refractivity contribution in [3.8, 4) is 0 Å². The van der Waals surface area contributed by atoms with Gasteiger partial charge in [-0.2, -0.15) is 4.99 Å². The van der Waals surface area contributed by atoms with Crippen LogP contribution in [0.3, 0.4) is 0 Å². The van der Waals surface area contributed by atoms with Crippen LogP contribution in [0.15, 0.2) is 45.9 Å². The number of rotatable bonds is 4. The number of thiazole rings is 1. The predicted molar refractivity (Wildman–Crippen MR) is 105 cm³/mol. The van der Waals surface area contributed by atoms with Crippen LogP contribution in [-0.2, 0) is 11.3 Å². The normalized spacial score (nSPS) is 12.1. The fourth-order valence-corrected chi connectivity index (χ4v) is 4.07. The van der Waals surface area contributed by atoms with Gasteiger partial charge in [0.2, 0.25) is 0 Å². The molecular weight excluding hydrogens is 424 g/mol. The Hall–Kier alpha value is -1.47. The Morgan fingerprint density at radius 3 is 2.68 bits per heavy atom. The van der Waals surface area contributed by atoms with Crippen LogP contribution < -0.4 is 4.80 Å². The number of hydrogen-bond donors (Lipinski definition) is 0. The second-order valence-corrected chi connectivity index (χ2v) is 7.80. The van der Waals surface area contributed by atoms with E-state index in [0.29, 0.717) is 28.5 Å². The number of carbonyl (C=O) groups is 1. The van der Waals surface area contributed by atoms with Crippen molar-refractivity contribution in [3.05, 3.63) is 61.8 Å². The summed E-state index contributed by atoms with van der Waals surface area (Å²) in [7, 11) is 1.65. The Kier molecular flexibility index (Phi) is 5.74. The van der Waals surface area contributed by atoms with Crippen LogP contribution in [0.5, 0.6) is 0 Å². The van der Waals surface area contributed by atoms with Crippen molar-refractivity contribution in [1.82, 2.24) is 4.57 Å². The maximum absolute atomic E-state index is 12.5. The van der Waals surface area contributed by atoms with E-state index in [1.54, 1.807) is 19.2 Å². The van der Waals surface area contributed by atoms with Crippen LogP contribution in [0.2, 0.25) is 5.02 Å². The Morgan fingerprint density at radius 2 is 2.00 bits per heavy atom.